The van der Waals surface area contributed by atoms with E-state index in [0.717, 1.165) is 0 Å². The number of hydrogen-bond acceptors (Lipinski definition) is 10. The van der Waals surface area contributed by atoms with Crippen molar-refractivity contribution in [2.24, 2.45) is 47.3 Å². The third-order valence-corrected chi connectivity index (χ3v) is 15.9. The van der Waals surface area contributed by atoms with Gasteiger partial charge in [0.25, 0.3) is 0 Å². The van der Waals surface area contributed by atoms with Crippen LogP contribution in [0.1, 0.15) is 6.42 Å². The predicted molar refractivity (Wildman–Crippen MR) is 197 cm³/mol. The van der Waals surface area contributed by atoms with Crippen molar-refractivity contribution in [1.29, 1.82) is 0 Å². The number of nitrogens with zero attached hydrogens (tertiary/aromatic N) is 1. The molecular formula is C39H48F15N9O. The number of hydrogen-bond donors (Lipinski definition) is 8. The molecule has 9 fully saturated rings. The average molecular weight is 944 g/mol. The van der Waals surface area contributed by atoms with Crippen LogP contribution in [0.25, 0.3) is 0 Å². The maximum atomic E-state index is 17.0. The van der Waals surface area contributed by atoms with Crippen LogP contribution in [-0.2, 0) is 0 Å². The summed E-state index contributed by atoms with van der Waals surface area (Å²) in [5.74, 6) is -14.3. The normalized spacial score (nSPS) is 58.2. The Balaban J connectivity index is 1.10. The van der Waals surface area contributed by atoms with Crippen LogP contribution in [0.4, 0.5) is 71.6 Å². The van der Waals surface area contributed by atoms with E-state index in [0.29, 0.717) is 0 Å². The van der Waals surface area contributed by atoms with E-state index < -0.39 is 196 Å². The fourth-order valence-electron chi connectivity index (χ4n) is 13.0. The Morgan fingerprint density at radius 2 is 0.844 bits per heavy atom. The number of rotatable bonds is 3. The minimum atomic E-state index is -3.17. The third-order valence-electron chi connectivity index (χ3n) is 15.9. The second kappa shape index (κ2) is 16.6. The maximum absolute atomic E-state index is 17.0. The molecule has 10 nitrogen and oxygen atoms in total. The first-order valence-electron chi connectivity index (χ1n) is 21.6. The van der Waals surface area contributed by atoms with Gasteiger partial charge >= 0.3 is 0 Å². The lowest BCUT2D eigenvalue weighted by atomic mass is 9.71. The van der Waals surface area contributed by atoms with Gasteiger partial charge in [-0.05, 0) is 24.5 Å². The molecule has 9 aliphatic rings. The van der Waals surface area contributed by atoms with E-state index in [2.05, 4.69) is 42.5 Å². The van der Waals surface area contributed by atoms with Crippen molar-refractivity contribution >= 4 is 5.69 Å². The quantitative estimate of drug-likeness (QED) is 0.170. The number of benzene rings is 1. The standard InChI is InChI=1S/C39H48F15N9O/c1-64-10-5-3-2-4-9(10)55-31-17-14(22(45)29(52)30(31)53)35-57-32-7-6-8(40)18(41)19(42)11(7)33(56-32)61-38-15-16(24(47)28(51)27(50)23(15)46)39(63(38)54)62-36-13-12(34(58-36)59-37(17)60-35)20(43)25(48)26(49)21(13)44/h2-5,7-8,11-39,55-62H,6H2,1H3. The molecular weight excluding hydrogens is 895 g/mol. The molecule has 5 aliphatic heterocycles. The number of anilines is 1. The lowest BCUT2D eigenvalue weighted by molar-refractivity contribution is -0.0974. The summed E-state index contributed by atoms with van der Waals surface area (Å²) in [6.07, 6.45) is -55.1. The summed E-state index contributed by atoms with van der Waals surface area (Å²) in [5.41, 5.74) is 0.117. The Hall–Kier alpha value is -2.55. The van der Waals surface area contributed by atoms with Crippen molar-refractivity contribution in [3.8, 4) is 5.75 Å². The second-order valence-electron chi connectivity index (χ2n) is 18.9. The zero-order chi connectivity index (χ0) is 45.5. The largest absolute Gasteiger partial charge is 0.495 e. The first kappa shape index (κ1) is 45.2. The van der Waals surface area contributed by atoms with E-state index in [1.165, 1.54) is 25.3 Å². The van der Waals surface area contributed by atoms with Gasteiger partial charge in [0.1, 0.15) is 49.0 Å². The summed E-state index contributed by atoms with van der Waals surface area (Å²) >= 11 is 0. The molecule has 31 atom stereocenters. The molecule has 31 unspecified atom stereocenters. The highest BCUT2D eigenvalue weighted by Gasteiger charge is 2.69. The van der Waals surface area contributed by atoms with Crippen molar-refractivity contribution in [1.82, 2.24) is 42.3 Å². The van der Waals surface area contributed by atoms with Crippen LogP contribution >= 0.6 is 0 Å². The Morgan fingerprint density at radius 1 is 0.453 bits per heavy atom. The number of fused-ring (bicyclic) bond motifs is 20. The van der Waals surface area contributed by atoms with Gasteiger partial charge in [0, 0.05) is 41.4 Å². The van der Waals surface area contributed by atoms with Crippen LogP contribution in [0, 0.1) is 47.3 Å². The van der Waals surface area contributed by atoms with E-state index in [1.807, 2.05) is 0 Å². The van der Waals surface area contributed by atoms with Crippen LogP contribution in [0.3, 0.4) is 0 Å². The Bertz CT molecular complexity index is 1860. The minimum absolute atomic E-state index is 0.117. The zero-order valence-electron chi connectivity index (χ0n) is 33.4. The van der Waals surface area contributed by atoms with Gasteiger partial charge in [0.05, 0.1) is 68.2 Å². The number of alkyl halides is 14. The number of halogens is 15. The maximum Gasteiger partial charge on any atom is 0.165 e. The highest BCUT2D eigenvalue weighted by molar-refractivity contribution is 5.57. The van der Waals surface area contributed by atoms with Crippen molar-refractivity contribution in [3.63, 3.8) is 0 Å². The summed E-state index contributed by atoms with van der Waals surface area (Å²) in [6.45, 7) is 0. The summed E-state index contributed by atoms with van der Waals surface area (Å²) in [4.78, 5) is 0. The average Bonchev–Trinajstić information content (AvgIpc) is 4.00. The van der Waals surface area contributed by atoms with Crippen molar-refractivity contribution in [2.45, 2.75) is 148 Å². The molecule has 8 N–H and O–H groups in total. The fraction of sp³-hybridized carbons (Fsp3) is 0.846. The molecule has 1 aromatic rings. The van der Waals surface area contributed by atoms with Gasteiger partial charge in [-0.3, -0.25) is 37.2 Å². The van der Waals surface area contributed by atoms with Crippen LogP contribution in [0.15, 0.2) is 24.3 Å². The van der Waals surface area contributed by atoms with E-state index >= 15 is 65.9 Å². The molecule has 4 saturated carbocycles. The van der Waals surface area contributed by atoms with Crippen LogP contribution in [-0.4, -0.2) is 154 Å². The van der Waals surface area contributed by atoms with Crippen molar-refractivity contribution in [2.75, 3.05) is 12.4 Å². The molecule has 0 spiro atoms. The van der Waals surface area contributed by atoms with E-state index in [4.69, 9.17) is 4.74 Å². The summed E-state index contributed by atoms with van der Waals surface area (Å²) in [5, 5.41) is 21.9. The molecule has 0 radical (unpaired) electrons. The van der Waals surface area contributed by atoms with Gasteiger partial charge in [0.15, 0.2) is 43.2 Å². The van der Waals surface area contributed by atoms with Gasteiger partial charge in [-0.1, -0.05) is 12.1 Å². The Morgan fingerprint density at radius 3 is 1.36 bits per heavy atom. The van der Waals surface area contributed by atoms with Crippen molar-refractivity contribution in [3.05, 3.63) is 24.3 Å². The number of methoxy groups -OCH3 is 1. The molecule has 0 aromatic heterocycles. The first-order chi connectivity index (χ1) is 30.4. The SMILES string of the molecule is COc1ccccc1NC1C(F)C(F)C(F)C2C3NC4NC(NC5C6C(F)C(F)C(F)C(F)C6C(NC6NC(NC(N3)C12)C1C(F)C(F)C(F)C(F)C61)N5F)C1C(F)C(F)C(F)CC41. The molecule has 5 heterocycles. The molecule has 1 aromatic carbocycles. The van der Waals surface area contributed by atoms with Crippen molar-refractivity contribution < 1.29 is 70.7 Å². The van der Waals surface area contributed by atoms with Gasteiger partial charge in [-0.15, -0.1) is 9.60 Å². The van der Waals surface area contributed by atoms with E-state index in [9.17, 15) is 0 Å². The molecule has 10 rings (SSSR count). The zero-order valence-corrected chi connectivity index (χ0v) is 33.4. The monoisotopic (exact) mass is 943 g/mol. The minimum Gasteiger partial charge on any atom is -0.495 e. The summed E-state index contributed by atoms with van der Waals surface area (Å²) in [6, 6.07) is 4.34. The molecule has 360 valence electrons. The lowest BCUT2D eigenvalue weighted by Gasteiger charge is -2.45. The third kappa shape index (κ3) is 6.67. The second-order valence-corrected chi connectivity index (χ2v) is 18.9. The fourth-order valence-corrected chi connectivity index (χ4v) is 13.0. The molecule has 64 heavy (non-hydrogen) atoms. The number of nitrogens with one attached hydrogen (secondary N) is 8. The van der Waals surface area contributed by atoms with Gasteiger partial charge < -0.3 is 10.1 Å². The number of para-hydroxylation sites is 2. The van der Waals surface area contributed by atoms with Crippen LogP contribution in [0.5, 0.6) is 5.75 Å². The smallest absolute Gasteiger partial charge is 0.165 e. The first-order valence-corrected chi connectivity index (χ1v) is 21.6. The molecule has 8 bridgehead atoms. The molecule has 0 amide bonds. The topological polar surface area (TPSA) is 109 Å². The Kier molecular flexibility index (Phi) is 11.7. The highest BCUT2D eigenvalue weighted by Crippen LogP contribution is 2.52. The van der Waals surface area contributed by atoms with E-state index in [-0.39, 0.29) is 16.6 Å². The molecule has 5 saturated heterocycles. The van der Waals surface area contributed by atoms with Gasteiger partial charge in [0.2, 0.25) is 0 Å². The van der Waals surface area contributed by atoms with Crippen LogP contribution < -0.4 is 47.3 Å². The molecule has 4 aliphatic carbocycles. The van der Waals surface area contributed by atoms with E-state index in [1.54, 1.807) is 6.07 Å². The number of ether oxygens (including phenoxy) is 1. The summed E-state index contributed by atoms with van der Waals surface area (Å²) in [7, 11) is 1.29. The van der Waals surface area contributed by atoms with Crippen LogP contribution in [0.2, 0.25) is 0 Å². The lowest BCUT2D eigenvalue weighted by Crippen LogP contribution is -2.63. The van der Waals surface area contributed by atoms with Gasteiger partial charge in [-0.25, -0.2) is 61.5 Å². The molecule has 25 heteroatoms. The highest BCUT2D eigenvalue weighted by atomic mass is 19.2. The predicted octanol–water partition coefficient (Wildman–Crippen LogP) is 3.57. The summed E-state index contributed by atoms with van der Waals surface area (Å²) < 4.78 is 243. The Labute approximate surface area is 356 Å². The van der Waals surface area contributed by atoms with Gasteiger partial charge in [-0.2, -0.15) is 0 Å².